The zero-order valence-electron chi connectivity index (χ0n) is 6.75. The van der Waals surface area contributed by atoms with E-state index in [1.807, 2.05) is 0 Å². The third kappa shape index (κ3) is 2.32. The molecule has 0 heterocycles. The number of benzene rings is 1. The molecule has 1 rings (SSSR count). The Balaban J connectivity index is 2.99. The highest BCUT2D eigenvalue weighted by atomic mass is 32.2. The van der Waals surface area contributed by atoms with Gasteiger partial charge in [-0.1, -0.05) is 4.40 Å². The maximum atomic E-state index is 11.0. The van der Waals surface area contributed by atoms with Crippen LogP contribution < -0.4 is 0 Å². The third-order valence-corrected chi connectivity index (χ3v) is 2.29. The lowest BCUT2D eigenvalue weighted by Crippen LogP contribution is -1.90. The summed E-state index contributed by atoms with van der Waals surface area (Å²) in [5.41, 5.74) is -0.110. The number of non-ortho nitro benzene ring substituents is 1. The Bertz CT molecular complexity index is 422. The third-order valence-electron chi connectivity index (χ3n) is 1.37. The van der Waals surface area contributed by atoms with Crippen LogP contribution in [0.15, 0.2) is 33.6 Å². The normalized spacial score (nSPS) is 11.4. The van der Waals surface area contributed by atoms with Crippen molar-refractivity contribution < 1.29 is 13.9 Å². The number of nitrogens with zero attached hydrogens (tertiary/aromatic N) is 2. The van der Waals surface area contributed by atoms with Gasteiger partial charge in [-0.15, -0.1) is 0 Å². The van der Waals surface area contributed by atoms with E-state index in [1.54, 1.807) is 0 Å². The lowest BCUT2D eigenvalue weighted by Gasteiger charge is -1.93. The Morgan fingerprint density at radius 3 is 2.36 bits per heavy atom. The van der Waals surface area contributed by atoms with Crippen molar-refractivity contribution in [2.75, 3.05) is 0 Å². The van der Waals surface area contributed by atoms with Gasteiger partial charge in [0, 0.05) is 12.1 Å². The highest BCUT2D eigenvalue weighted by Gasteiger charge is 2.06. The van der Waals surface area contributed by atoms with E-state index in [0.29, 0.717) is 0 Å². The minimum atomic E-state index is -1.83. The fourth-order valence-corrected chi connectivity index (χ4v) is 1.31. The maximum absolute atomic E-state index is 11.0. The van der Waals surface area contributed by atoms with Crippen LogP contribution in [0.3, 0.4) is 0 Å². The number of nitro groups is 1. The minimum Gasteiger partial charge on any atom is -0.258 e. The molecule has 6 nitrogen and oxygen atoms in total. The van der Waals surface area contributed by atoms with Crippen LogP contribution in [0.5, 0.6) is 0 Å². The van der Waals surface area contributed by atoms with Crippen LogP contribution in [-0.4, -0.2) is 15.2 Å². The summed E-state index contributed by atoms with van der Waals surface area (Å²) in [6, 6.07) is 4.92. The fourth-order valence-electron chi connectivity index (χ4n) is 0.771. The molecule has 0 aliphatic heterocycles. The summed E-state index contributed by atoms with van der Waals surface area (Å²) in [4.78, 5) is 19.7. The zero-order chi connectivity index (χ0) is 10.6. The van der Waals surface area contributed by atoms with Crippen molar-refractivity contribution in [2.24, 2.45) is 4.40 Å². The van der Waals surface area contributed by atoms with Crippen molar-refractivity contribution in [3.8, 4) is 0 Å². The lowest BCUT2D eigenvalue weighted by atomic mass is 10.3. The molecular formula is C7H4N2O4S. The first-order chi connectivity index (χ1) is 6.65. The summed E-state index contributed by atoms with van der Waals surface area (Å²) in [6.45, 7) is 0. The van der Waals surface area contributed by atoms with E-state index in [2.05, 4.69) is 4.40 Å². The first-order valence-electron chi connectivity index (χ1n) is 3.39. The van der Waals surface area contributed by atoms with E-state index in [1.165, 1.54) is 24.3 Å². The van der Waals surface area contributed by atoms with Gasteiger partial charge in [0.05, 0.1) is 9.82 Å². The highest BCUT2D eigenvalue weighted by molar-refractivity contribution is 7.83. The number of carbonyl (C=O) groups excluding carboxylic acids is 1. The van der Waals surface area contributed by atoms with Crippen LogP contribution in [0.25, 0.3) is 0 Å². The minimum absolute atomic E-state index is 0.110. The highest BCUT2D eigenvalue weighted by Crippen LogP contribution is 2.14. The van der Waals surface area contributed by atoms with Gasteiger partial charge in [-0.05, 0) is 12.1 Å². The second-order valence-electron chi connectivity index (χ2n) is 2.18. The molecule has 0 aromatic heterocycles. The van der Waals surface area contributed by atoms with Gasteiger partial charge in [-0.2, -0.15) is 0 Å². The van der Waals surface area contributed by atoms with Gasteiger partial charge < -0.3 is 0 Å². The van der Waals surface area contributed by atoms with Gasteiger partial charge in [0.15, 0.2) is 11.0 Å². The summed E-state index contributed by atoms with van der Waals surface area (Å²) in [5, 5.41) is 10.3. The van der Waals surface area contributed by atoms with E-state index >= 15 is 0 Å². The molecule has 0 saturated carbocycles. The van der Waals surface area contributed by atoms with Crippen molar-refractivity contribution in [2.45, 2.75) is 4.90 Å². The van der Waals surface area contributed by atoms with Crippen LogP contribution in [0.2, 0.25) is 0 Å². The molecule has 0 radical (unpaired) electrons. The molecule has 72 valence electrons. The van der Waals surface area contributed by atoms with Crippen molar-refractivity contribution in [3.05, 3.63) is 34.4 Å². The number of nitro benzene ring substituents is 1. The molecule has 0 aliphatic rings. The molecule has 1 aromatic rings. The SMILES string of the molecule is O=C=NS(=O)c1ccc([N+](=O)[O-])cc1. The standard InChI is InChI=1S/C7H4N2O4S/c10-5-8-14(13)7-3-1-6(2-4-7)9(11)12/h1-4H. The van der Waals surface area contributed by atoms with E-state index in [0.717, 1.165) is 6.08 Å². The number of isocyanates is 1. The molecule has 1 atom stereocenters. The quantitative estimate of drug-likeness (QED) is 0.323. The first kappa shape index (κ1) is 10.2. The number of rotatable bonds is 3. The van der Waals surface area contributed by atoms with Crippen molar-refractivity contribution in [1.29, 1.82) is 0 Å². The van der Waals surface area contributed by atoms with E-state index in [9.17, 15) is 19.1 Å². The molecule has 0 fully saturated rings. The number of hydrogen-bond donors (Lipinski definition) is 0. The van der Waals surface area contributed by atoms with Crippen molar-refractivity contribution in [3.63, 3.8) is 0 Å². The monoisotopic (exact) mass is 212 g/mol. The predicted octanol–water partition coefficient (Wildman–Crippen LogP) is 0.953. The molecule has 7 heteroatoms. The summed E-state index contributed by atoms with van der Waals surface area (Å²) in [5.74, 6) is 0. The summed E-state index contributed by atoms with van der Waals surface area (Å²) in [6.07, 6.45) is 1.14. The molecule has 0 spiro atoms. The first-order valence-corrected chi connectivity index (χ1v) is 4.50. The molecule has 0 bridgehead atoms. The molecule has 0 N–H and O–H groups in total. The Morgan fingerprint density at radius 2 is 1.93 bits per heavy atom. The van der Waals surface area contributed by atoms with Crippen LogP contribution in [0.4, 0.5) is 5.69 Å². The van der Waals surface area contributed by atoms with E-state index in [4.69, 9.17) is 0 Å². The van der Waals surface area contributed by atoms with Gasteiger partial charge in [0.25, 0.3) is 5.69 Å². The van der Waals surface area contributed by atoms with Crippen LogP contribution in [0.1, 0.15) is 0 Å². The molecule has 0 amide bonds. The maximum Gasteiger partial charge on any atom is 0.269 e. The van der Waals surface area contributed by atoms with Crippen molar-refractivity contribution >= 4 is 22.8 Å². The van der Waals surface area contributed by atoms with Gasteiger partial charge in [-0.3, -0.25) is 10.1 Å². The topological polar surface area (TPSA) is 89.6 Å². The summed E-state index contributed by atoms with van der Waals surface area (Å²) < 4.78 is 14.0. The Labute approximate surface area is 81.0 Å². The lowest BCUT2D eigenvalue weighted by molar-refractivity contribution is -0.384. The Hall–Kier alpha value is -1.85. The van der Waals surface area contributed by atoms with Crippen LogP contribution in [0, 0.1) is 10.1 Å². The Morgan fingerprint density at radius 1 is 1.36 bits per heavy atom. The molecule has 1 aromatic carbocycles. The molecule has 14 heavy (non-hydrogen) atoms. The average Bonchev–Trinajstić information content (AvgIpc) is 2.18. The second kappa shape index (κ2) is 4.40. The molecule has 0 aliphatic carbocycles. The Kier molecular flexibility index (Phi) is 3.22. The second-order valence-corrected chi connectivity index (χ2v) is 3.34. The van der Waals surface area contributed by atoms with Gasteiger partial charge in [-0.25, -0.2) is 9.00 Å². The van der Waals surface area contributed by atoms with Gasteiger partial charge >= 0.3 is 0 Å². The van der Waals surface area contributed by atoms with Crippen LogP contribution in [-0.2, 0) is 15.8 Å². The molecule has 1 unspecified atom stereocenters. The smallest absolute Gasteiger partial charge is 0.258 e. The van der Waals surface area contributed by atoms with Gasteiger partial charge in [0.1, 0.15) is 0 Å². The van der Waals surface area contributed by atoms with E-state index < -0.39 is 15.9 Å². The van der Waals surface area contributed by atoms with Crippen LogP contribution >= 0.6 is 0 Å². The summed E-state index contributed by atoms with van der Waals surface area (Å²) in [7, 11) is -1.83. The number of hydrogen-bond acceptors (Lipinski definition) is 4. The average molecular weight is 212 g/mol. The fraction of sp³-hybridized carbons (Fsp3) is 0. The predicted molar refractivity (Wildman–Crippen MR) is 47.6 cm³/mol. The van der Waals surface area contributed by atoms with Gasteiger partial charge in [0.2, 0.25) is 6.08 Å². The van der Waals surface area contributed by atoms with E-state index in [-0.39, 0.29) is 10.6 Å². The zero-order valence-corrected chi connectivity index (χ0v) is 7.56. The molecular weight excluding hydrogens is 208 g/mol. The largest absolute Gasteiger partial charge is 0.269 e. The van der Waals surface area contributed by atoms with Crippen molar-refractivity contribution in [1.82, 2.24) is 0 Å². The summed E-state index contributed by atoms with van der Waals surface area (Å²) >= 11 is 0. The molecule has 0 saturated heterocycles.